The molecular weight excluding hydrogens is 240 g/mol. The van der Waals surface area contributed by atoms with Crippen LogP contribution >= 0.6 is 0 Å². The van der Waals surface area contributed by atoms with Crippen LogP contribution in [0.2, 0.25) is 0 Å². The molecule has 1 rings (SSSR count). The molecular formula is C15H24N2O2. The zero-order valence-electron chi connectivity index (χ0n) is 12.3. The molecule has 0 radical (unpaired) electrons. The van der Waals surface area contributed by atoms with E-state index in [9.17, 15) is 4.79 Å². The largest absolute Gasteiger partial charge is 0.465 e. The molecule has 4 heteroatoms. The standard InChI is InChI=1S/C15H24N2O2/c1-5-16-15(3,14(18)19-6-2)12-17(4)13-10-8-7-9-11-13/h7-11,16H,5-6,12H2,1-4H3. The van der Waals surface area contributed by atoms with Crippen molar-refractivity contribution in [2.24, 2.45) is 0 Å². The second-order valence-electron chi connectivity index (χ2n) is 4.77. The van der Waals surface area contributed by atoms with Crippen molar-refractivity contribution in [2.45, 2.75) is 26.3 Å². The van der Waals surface area contributed by atoms with Crippen LogP contribution in [0.15, 0.2) is 30.3 Å². The third-order valence-electron chi connectivity index (χ3n) is 3.04. The second-order valence-corrected chi connectivity index (χ2v) is 4.77. The monoisotopic (exact) mass is 264 g/mol. The maximum Gasteiger partial charge on any atom is 0.327 e. The minimum absolute atomic E-state index is 0.209. The number of likely N-dealkylation sites (N-methyl/N-ethyl adjacent to an activating group) is 2. The van der Waals surface area contributed by atoms with E-state index in [1.54, 1.807) is 0 Å². The van der Waals surface area contributed by atoms with Crippen molar-refractivity contribution < 1.29 is 9.53 Å². The SMILES string of the molecule is CCNC(C)(CN(C)c1ccccc1)C(=O)OCC. The molecule has 1 aromatic rings. The number of esters is 1. The molecule has 0 aliphatic carbocycles. The number of carbonyl (C=O) groups is 1. The lowest BCUT2D eigenvalue weighted by Crippen LogP contribution is -2.57. The Hall–Kier alpha value is -1.55. The first kappa shape index (κ1) is 15.5. The first-order chi connectivity index (χ1) is 9.03. The first-order valence-corrected chi connectivity index (χ1v) is 6.72. The fraction of sp³-hybridized carbons (Fsp3) is 0.533. The highest BCUT2D eigenvalue weighted by Gasteiger charge is 2.35. The van der Waals surface area contributed by atoms with E-state index in [0.717, 1.165) is 12.2 Å². The van der Waals surface area contributed by atoms with Gasteiger partial charge in [0.25, 0.3) is 0 Å². The molecule has 0 aliphatic heterocycles. The van der Waals surface area contributed by atoms with Crippen LogP contribution in [0.1, 0.15) is 20.8 Å². The number of rotatable bonds is 7. The highest BCUT2D eigenvalue weighted by atomic mass is 16.5. The zero-order chi connectivity index (χ0) is 14.3. The maximum atomic E-state index is 12.1. The molecule has 0 spiro atoms. The van der Waals surface area contributed by atoms with Crippen LogP contribution in [-0.4, -0.2) is 38.3 Å². The van der Waals surface area contributed by atoms with E-state index in [1.165, 1.54) is 0 Å². The summed E-state index contributed by atoms with van der Waals surface area (Å²) in [5, 5.41) is 3.23. The molecule has 1 aromatic carbocycles. The lowest BCUT2D eigenvalue weighted by atomic mass is 10.0. The molecule has 19 heavy (non-hydrogen) atoms. The third-order valence-corrected chi connectivity index (χ3v) is 3.04. The van der Waals surface area contributed by atoms with Gasteiger partial charge in [-0.2, -0.15) is 0 Å². The van der Waals surface area contributed by atoms with Gasteiger partial charge in [-0.05, 0) is 32.5 Å². The Morgan fingerprint density at radius 2 is 1.95 bits per heavy atom. The van der Waals surface area contributed by atoms with E-state index in [1.807, 2.05) is 58.2 Å². The van der Waals surface area contributed by atoms with Crippen LogP contribution in [0, 0.1) is 0 Å². The number of hydrogen-bond acceptors (Lipinski definition) is 4. The van der Waals surface area contributed by atoms with E-state index in [4.69, 9.17) is 4.74 Å². The summed E-state index contributed by atoms with van der Waals surface area (Å²) < 4.78 is 5.17. The lowest BCUT2D eigenvalue weighted by Gasteiger charge is -2.33. The first-order valence-electron chi connectivity index (χ1n) is 6.72. The van der Waals surface area contributed by atoms with Crippen LogP contribution in [0.25, 0.3) is 0 Å². The molecule has 0 fully saturated rings. The smallest absolute Gasteiger partial charge is 0.327 e. The minimum Gasteiger partial charge on any atom is -0.465 e. The highest BCUT2D eigenvalue weighted by molar-refractivity contribution is 5.81. The number of para-hydroxylation sites is 1. The summed E-state index contributed by atoms with van der Waals surface area (Å²) in [4.78, 5) is 14.2. The van der Waals surface area contributed by atoms with Gasteiger partial charge in [-0.1, -0.05) is 25.1 Å². The third kappa shape index (κ3) is 4.24. The van der Waals surface area contributed by atoms with E-state index >= 15 is 0 Å². The summed E-state index contributed by atoms with van der Waals surface area (Å²) in [7, 11) is 1.98. The topological polar surface area (TPSA) is 41.6 Å². The van der Waals surface area contributed by atoms with Gasteiger partial charge >= 0.3 is 5.97 Å². The summed E-state index contributed by atoms with van der Waals surface area (Å²) in [5.41, 5.74) is 0.381. The van der Waals surface area contributed by atoms with Crippen LogP contribution in [-0.2, 0) is 9.53 Å². The quantitative estimate of drug-likeness (QED) is 0.765. The number of nitrogens with zero attached hydrogens (tertiary/aromatic N) is 1. The number of carbonyl (C=O) groups excluding carboxylic acids is 1. The van der Waals surface area contributed by atoms with Gasteiger partial charge < -0.3 is 15.0 Å². The summed E-state index contributed by atoms with van der Waals surface area (Å²) in [6.45, 7) is 7.37. The van der Waals surface area contributed by atoms with Crippen LogP contribution in [0.3, 0.4) is 0 Å². The molecule has 1 N–H and O–H groups in total. The number of anilines is 1. The number of nitrogens with one attached hydrogen (secondary N) is 1. The number of benzene rings is 1. The Balaban J connectivity index is 2.80. The highest BCUT2D eigenvalue weighted by Crippen LogP contribution is 2.16. The van der Waals surface area contributed by atoms with Crippen molar-refractivity contribution in [3.05, 3.63) is 30.3 Å². The molecule has 0 aromatic heterocycles. The summed E-state index contributed by atoms with van der Waals surface area (Å²) in [6.07, 6.45) is 0. The fourth-order valence-electron chi connectivity index (χ4n) is 2.12. The van der Waals surface area contributed by atoms with E-state index in [-0.39, 0.29) is 5.97 Å². The minimum atomic E-state index is -0.699. The molecule has 0 saturated heterocycles. The van der Waals surface area contributed by atoms with Crippen molar-refractivity contribution in [3.8, 4) is 0 Å². The van der Waals surface area contributed by atoms with Gasteiger partial charge in [0.2, 0.25) is 0 Å². The van der Waals surface area contributed by atoms with Gasteiger partial charge in [0.1, 0.15) is 5.54 Å². The molecule has 0 heterocycles. The number of hydrogen-bond donors (Lipinski definition) is 1. The number of ether oxygens (including phenoxy) is 1. The van der Waals surface area contributed by atoms with Crippen molar-refractivity contribution in [2.75, 3.05) is 31.6 Å². The van der Waals surface area contributed by atoms with Gasteiger partial charge in [-0.15, -0.1) is 0 Å². The molecule has 4 nitrogen and oxygen atoms in total. The molecule has 1 unspecified atom stereocenters. The van der Waals surface area contributed by atoms with E-state index in [0.29, 0.717) is 13.2 Å². The maximum absolute atomic E-state index is 12.1. The van der Waals surface area contributed by atoms with E-state index in [2.05, 4.69) is 10.2 Å². The van der Waals surface area contributed by atoms with Crippen molar-refractivity contribution in [3.63, 3.8) is 0 Å². The average Bonchev–Trinajstić information content (AvgIpc) is 2.40. The van der Waals surface area contributed by atoms with Gasteiger partial charge in [-0.3, -0.25) is 0 Å². The molecule has 106 valence electrons. The molecule has 0 bridgehead atoms. The zero-order valence-corrected chi connectivity index (χ0v) is 12.3. The Bertz CT molecular complexity index is 394. The molecule has 0 amide bonds. The Labute approximate surface area is 115 Å². The Kier molecular flexibility index (Phi) is 5.83. The van der Waals surface area contributed by atoms with Gasteiger partial charge in [0.15, 0.2) is 0 Å². The average molecular weight is 264 g/mol. The fourth-order valence-corrected chi connectivity index (χ4v) is 2.12. The predicted molar refractivity (Wildman–Crippen MR) is 78.4 cm³/mol. The second kappa shape index (κ2) is 7.14. The summed E-state index contributed by atoms with van der Waals surface area (Å²) >= 11 is 0. The van der Waals surface area contributed by atoms with Crippen LogP contribution < -0.4 is 10.2 Å². The van der Waals surface area contributed by atoms with Crippen molar-refractivity contribution in [1.82, 2.24) is 5.32 Å². The summed E-state index contributed by atoms with van der Waals surface area (Å²) in [6, 6.07) is 10.0. The molecule has 1 atom stereocenters. The van der Waals surface area contributed by atoms with Crippen molar-refractivity contribution >= 4 is 11.7 Å². The van der Waals surface area contributed by atoms with Crippen LogP contribution in [0.4, 0.5) is 5.69 Å². The predicted octanol–water partition coefficient (Wildman–Crippen LogP) is 2.05. The van der Waals surface area contributed by atoms with Gasteiger partial charge in [0.05, 0.1) is 6.61 Å². The van der Waals surface area contributed by atoms with Gasteiger partial charge in [0, 0.05) is 19.3 Å². The molecule has 0 aliphatic rings. The Morgan fingerprint density at radius 1 is 1.32 bits per heavy atom. The Morgan fingerprint density at radius 3 is 2.47 bits per heavy atom. The lowest BCUT2D eigenvalue weighted by molar-refractivity contribution is -0.150. The normalized spacial score (nSPS) is 13.7. The molecule has 0 saturated carbocycles. The van der Waals surface area contributed by atoms with Crippen molar-refractivity contribution in [1.29, 1.82) is 0 Å². The van der Waals surface area contributed by atoms with E-state index < -0.39 is 5.54 Å². The summed E-state index contributed by atoms with van der Waals surface area (Å²) in [5.74, 6) is -0.209. The van der Waals surface area contributed by atoms with Gasteiger partial charge in [-0.25, -0.2) is 4.79 Å². The van der Waals surface area contributed by atoms with Crippen LogP contribution in [0.5, 0.6) is 0 Å².